The summed E-state index contributed by atoms with van der Waals surface area (Å²) in [5.74, 6) is 0. The van der Waals surface area contributed by atoms with E-state index in [0.717, 1.165) is 17.3 Å². The fourth-order valence-electron chi connectivity index (χ4n) is 2.21. The summed E-state index contributed by atoms with van der Waals surface area (Å²) >= 11 is 3.51. The van der Waals surface area contributed by atoms with Gasteiger partial charge in [0.05, 0.1) is 6.10 Å². The van der Waals surface area contributed by atoms with E-state index in [4.69, 9.17) is 4.74 Å². The number of hydrogen-bond donors (Lipinski definition) is 0. The van der Waals surface area contributed by atoms with Crippen LogP contribution < -0.4 is 0 Å². The van der Waals surface area contributed by atoms with Crippen molar-refractivity contribution in [3.8, 4) is 0 Å². The van der Waals surface area contributed by atoms with E-state index in [9.17, 15) is 0 Å². The van der Waals surface area contributed by atoms with Crippen molar-refractivity contribution >= 4 is 15.9 Å². The minimum absolute atomic E-state index is 0.324. The molecule has 0 atom stereocenters. The van der Waals surface area contributed by atoms with Crippen LogP contribution >= 0.6 is 15.9 Å². The van der Waals surface area contributed by atoms with Gasteiger partial charge in [-0.2, -0.15) is 0 Å². The zero-order valence-electron chi connectivity index (χ0n) is 8.59. The molecule has 1 nitrogen and oxygen atoms in total. The van der Waals surface area contributed by atoms with E-state index in [1.807, 2.05) is 0 Å². The first-order valence-corrected chi connectivity index (χ1v) is 5.72. The lowest BCUT2D eigenvalue weighted by molar-refractivity contribution is -0.0112. The molecule has 0 saturated heterocycles. The van der Waals surface area contributed by atoms with Crippen LogP contribution in [0.15, 0.2) is 28.7 Å². The number of benzene rings is 1. The summed E-state index contributed by atoms with van der Waals surface area (Å²) in [7, 11) is 1.80. The third kappa shape index (κ3) is 1.73. The summed E-state index contributed by atoms with van der Waals surface area (Å²) < 4.78 is 6.49. The van der Waals surface area contributed by atoms with Gasteiger partial charge in [0.2, 0.25) is 0 Å². The molecule has 0 spiro atoms. The Bertz CT molecular complexity index is 329. The van der Waals surface area contributed by atoms with Crippen molar-refractivity contribution in [3.05, 3.63) is 34.3 Å². The molecular formula is C12H15BrO. The third-order valence-corrected chi connectivity index (χ3v) is 3.70. The molecular weight excluding hydrogens is 240 g/mol. The molecule has 1 aliphatic rings. The smallest absolute Gasteiger partial charge is 0.0588 e. The van der Waals surface area contributed by atoms with Crippen molar-refractivity contribution in [1.82, 2.24) is 0 Å². The van der Waals surface area contributed by atoms with E-state index in [1.165, 1.54) is 5.56 Å². The highest BCUT2D eigenvalue weighted by Gasteiger charge is 2.41. The number of halogens is 1. The second-order valence-electron chi connectivity index (χ2n) is 4.34. The summed E-state index contributed by atoms with van der Waals surface area (Å²) in [4.78, 5) is 0. The minimum Gasteiger partial charge on any atom is -0.381 e. The Morgan fingerprint density at radius 3 is 2.71 bits per heavy atom. The predicted octanol–water partition coefficient (Wildman–Crippen LogP) is 3.52. The lowest BCUT2D eigenvalue weighted by atomic mass is 9.64. The molecule has 0 bridgehead atoms. The van der Waals surface area contributed by atoms with Crippen LogP contribution in [-0.2, 0) is 10.2 Å². The van der Waals surface area contributed by atoms with Gasteiger partial charge in [0.1, 0.15) is 0 Å². The highest BCUT2D eigenvalue weighted by molar-refractivity contribution is 9.10. The van der Waals surface area contributed by atoms with Gasteiger partial charge in [-0.05, 0) is 36.0 Å². The fourth-order valence-corrected chi connectivity index (χ4v) is 2.61. The van der Waals surface area contributed by atoms with Crippen LogP contribution in [0.25, 0.3) is 0 Å². The van der Waals surface area contributed by atoms with Gasteiger partial charge in [-0.1, -0.05) is 35.0 Å². The fraction of sp³-hybridized carbons (Fsp3) is 0.500. The summed E-state index contributed by atoms with van der Waals surface area (Å²) in [6.45, 7) is 2.31. The Kier molecular flexibility index (Phi) is 2.67. The highest BCUT2D eigenvalue weighted by Crippen LogP contribution is 2.45. The molecule has 14 heavy (non-hydrogen) atoms. The van der Waals surface area contributed by atoms with E-state index < -0.39 is 0 Å². The quantitative estimate of drug-likeness (QED) is 0.785. The molecule has 2 heteroatoms. The van der Waals surface area contributed by atoms with Crippen molar-refractivity contribution in [1.29, 1.82) is 0 Å². The van der Waals surface area contributed by atoms with E-state index >= 15 is 0 Å². The zero-order valence-corrected chi connectivity index (χ0v) is 10.2. The standard InChI is InChI=1S/C12H15BrO/c1-12(7-11(8-12)14-2)9-4-3-5-10(13)6-9/h3-6,11H,7-8H2,1-2H3/t11-,12-. The lowest BCUT2D eigenvalue weighted by Gasteiger charge is -2.45. The average Bonchev–Trinajstić information content (AvgIpc) is 2.13. The van der Waals surface area contributed by atoms with Crippen LogP contribution in [0.1, 0.15) is 25.3 Å². The van der Waals surface area contributed by atoms with Gasteiger partial charge in [-0.25, -0.2) is 0 Å². The van der Waals surface area contributed by atoms with Crippen LogP contribution in [0.2, 0.25) is 0 Å². The van der Waals surface area contributed by atoms with Gasteiger partial charge in [0.25, 0.3) is 0 Å². The summed E-state index contributed by atoms with van der Waals surface area (Å²) in [6, 6.07) is 8.59. The van der Waals surface area contributed by atoms with Gasteiger partial charge in [-0.15, -0.1) is 0 Å². The van der Waals surface area contributed by atoms with Crippen LogP contribution in [0, 0.1) is 0 Å². The zero-order chi connectivity index (χ0) is 10.2. The molecule has 1 aliphatic carbocycles. The summed E-state index contributed by atoms with van der Waals surface area (Å²) in [5, 5.41) is 0. The van der Waals surface area contributed by atoms with E-state index in [-0.39, 0.29) is 0 Å². The third-order valence-electron chi connectivity index (χ3n) is 3.21. The molecule has 0 aromatic heterocycles. The predicted molar refractivity (Wildman–Crippen MR) is 61.5 cm³/mol. The first-order chi connectivity index (χ1) is 6.64. The van der Waals surface area contributed by atoms with Crippen molar-refractivity contribution in [2.75, 3.05) is 7.11 Å². The van der Waals surface area contributed by atoms with Gasteiger partial charge in [0.15, 0.2) is 0 Å². The van der Waals surface area contributed by atoms with Crippen molar-refractivity contribution in [2.45, 2.75) is 31.3 Å². The molecule has 0 aliphatic heterocycles. The molecule has 76 valence electrons. The number of rotatable bonds is 2. The Morgan fingerprint density at radius 1 is 1.43 bits per heavy atom. The molecule has 0 radical (unpaired) electrons. The van der Waals surface area contributed by atoms with Crippen LogP contribution in [0.3, 0.4) is 0 Å². The topological polar surface area (TPSA) is 9.23 Å². The molecule has 1 fully saturated rings. The molecule has 0 heterocycles. The van der Waals surface area contributed by atoms with Crippen molar-refractivity contribution in [3.63, 3.8) is 0 Å². The Hall–Kier alpha value is -0.340. The molecule has 0 unspecified atom stereocenters. The molecule has 0 N–H and O–H groups in total. The molecule has 1 saturated carbocycles. The van der Waals surface area contributed by atoms with Crippen LogP contribution in [-0.4, -0.2) is 13.2 Å². The second kappa shape index (κ2) is 3.67. The molecule has 1 aromatic rings. The van der Waals surface area contributed by atoms with E-state index in [0.29, 0.717) is 11.5 Å². The summed E-state index contributed by atoms with van der Waals surface area (Å²) in [6.07, 6.45) is 2.74. The van der Waals surface area contributed by atoms with Gasteiger partial charge < -0.3 is 4.74 Å². The minimum atomic E-state index is 0.324. The number of ether oxygens (including phenoxy) is 1. The largest absolute Gasteiger partial charge is 0.381 e. The molecule has 2 rings (SSSR count). The van der Waals surface area contributed by atoms with Crippen molar-refractivity contribution < 1.29 is 4.74 Å². The van der Waals surface area contributed by atoms with Gasteiger partial charge >= 0.3 is 0 Å². The Balaban J connectivity index is 2.16. The lowest BCUT2D eigenvalue weighted by Crippen LogP contribution is -2.43. The maximum Gasteiger partial charge on any atom is 0.0588 e. The first-order valence-electron chi connectivity index (χ1n) is 4.93. The first kappa shape index (κ1) is 10.2. The number of hydrogen-bond acceptors (Lipinski definition) is 1. The van der Waals surface area contributed by atoms with E-state index in [2.05, 4.69) is 47.1 Å². The van der Waals surface area contributed by atoms with Gasteiger partial charge in [-0.3, -0.25) is 0 Å². The molecule has 1 aromatic carbocycles. The normalized spacial score (nSPS) is 31.2. The van der Waals surface area contributed by atoms with Gasteiger partial charge in [0, 0.05) is 11.6 Å². The van der Waals surface area contributed by atoms with Crippen molar-refractivity contribution in [2.24, 2.45) is 0 Å². The monoisotopic (exact) mass is 254 g/mol. The Morgan fingerprint density at radius 2 is 2.14 bits per heavy atom. The SMILES string of the molecule is CO[C@H]1C[C@](C)(c2cccc(Br)c2)C1. The maximum atomic E-state index is 5.32. The summed E-state index contributed by atoms with van der Waals surface area (Å²) in [5.41, 5.74) is 1.74. The molecule has 0 amide bonds. The Labute approximate surface area is 93.6 Å². The number of methoxy groups -OCH3 is 1. The average molecular weight is 255 g/mol. The highest BCUT2D eigenvalue weighted by atomic mass is 79.9. The second-order valence-corrected chi connectivity index (χ2v) is 5.25. The van der Waals surface area contributed by atoms with Crippen LogP contribution in [0.5, 0.6) is 0 Å². The van der Waals surface area contributed by atoms with Crippen LogP contribution in [0.4, 0.5) is 0 Å². The maximum absolute atomic E-state index is 5.32. The van der Waals surface area contributed by atoms with E-state index in [1.54, 1.807) is 7.11 Å².